The molecule has 0 saturated carbocycles. The molecular weight excluding hydrogens is 1190 g/mol. The van der Waals surface area contributed by atoms with E-state index in [-0.39, 0.29) is 0 Å². The van der Waals surface area contributed by atoms with Crippen LogP contribution in [0.5, 0.6) is 0 Å². The molecule has 0 atom stereocenters. The number of anilines is 12. The predicted octanol–water partition coefficient (Wildman–Crippen LogP) is 26.9. The van der Waals surface area contributed by atoms with Gasteiger partial charge in [-0.25, -0.2) is 0 Å². The number of rotatable bonds is 13. The minimum atomic E-state index is 0.873. The molecule has 0 saturated heterocycles. The Labute approximate surface area is 568 Å². The third-order valence-corrected chi connectivity index (χ3v) is 19.6. The number of hydrogen-bond acceptors (Lipinski definition) is 6. The van der Waals surface area contributed by atoms with Crippen LogP contribution in [0.4, 0.5) is 68.2 Å². The van der Waals surface area contributed by atoms with Crippen LogP contribution < -0.4 is 19.6 Å². The van der Waals surface area contributed by atoms with Gasteiger partial charge in [0, 0.05) is 89.8 Å². The lowest BCUT2D eigenvalue weighted by Gasteiger charge is -2.28. The lowest BCUT2D eigenvalue weighted by Crippen LogP contribution is -2.11. The van der Waals surface area contributed by atoms with Crippen molar-refractivity contribution >= 4 is 155 Å². The molecular formula is C92H66N4O2. The molecule has 6 nitrogen and oxygen atoms in total. The summed E-state index contributed by atoms with van der Waals surface area (Å²) in [5, 5.41) is 13.7. The maximum absolute atomic E-state index is 6.71. The summed E-state index contributed by atoms with van der Waals surface area (Å²) in [6, 6.07) is 119. The van der Waals surface area contributed by atoms with Gasteiger partial charge in [-0.2, -0.15) is 0 Å². The van der Waals surface area contributed by atoms with Gasteiger partial charge in [0.2, 0.25) is 0 Å². The van der Waals surface area contributed by atoms with Crippen LogP contribution in [0.2, 0.25) is 0 Å². The van der Waals surface area contributed by atoms with E-state index in [1.54, 1.807) is 0 Å². The van der Waals surface area contributed by atoms with Crippen LogP contribution >= 0.6 is 0 Å². The van der Waals surface area contributed by atoms with E-state index in [2.05, 4.69) is 375 Å². The molecule has 0 amide bonds. The SMILES string of the molecule is Cc1cccc(N(c2ccc3c(ccc4oc5ccc6cc(N(c7cccc(C)c7)c7ccc(-c8ccc(N(c9ccccc9)c9ccc%10c(ccc%11oc%12ccc%13cc(N(c%14ccccc%14)c%14ccccc%14)ccc%13c%12c%11%10)c9)cc8)cc7C)ccc6c5c43)c2)c2ccccc2C)c1. The molecule has 0 radical (unpaired) electrons. The van der Waals surface area contributed by atoms with Crippen molar-refractivity contribution in [3.05, 3.63) is 350 Å². The quantitative estimate of drug-likeness (QED) is 0.115. The minimum Gasteiger partial charge on any atom is -0.456 e. The fraction of sp³-hybridized carbons (Fsp3) is 0.0435. The first-order valence-electron chi connectivity index (χ1n) is 33.6. The maximum atomic E-state index is 6.71. The summed E-state index contributed by atoms with van der Waals surface area (Å²) in [7, 11) is 0. The Morgan fingerprint density at radius 1 is 0.204 bits per heavy atom. The molecule has 2 aromatic heterocycles. The molecule has 18 aromatic rings. The average molecular weight is 1260 g/mol. The first-order valence-corrected chi connectivity index (χ1v) is 33.6. The van der Waals surface area contributed by atoms with Crippen molar-refractivity contribution in [2.75, 3.05) is 19.6 Å². The van der Waals surface area contributed by atoms with Crippen LogP contribution in [0.3, 0.4) is 0 Å². The van der Waals surface area contributed by atoms with Gasteiger partial charge in [-0.1, -0.05) is 164 Å². The van der Waals surface area contributed by atoms with E-state index in [1.807, 2.05) is 0 Å². The van der Waals surface area contributed by atoms with Crippen molar-refractivity contribution in [1.29, 1.82) is 0 Å². The zero-order valence-electron chi connectivity index (χ0n) is 54.8. The molecule has 0 N–H and O–H groups in total. The molecule has 0 aliphatic heterocycles. The van der Waals surface area contributed by atoms with E-state index in [0.29, 0.717) is 0 Å². The van der Waals surface area contributed by atoms with Crippen molar-refractivity contribution in [2.45, 2.75) is 27.7 Å². The van der Waals surface area contributed by atoms with Gasteiger partial charge < -0.3 is 28.4 Å². The molecule has 0 aliphatic rings. The average Bonchev–Trinajstić information content (AvgIpc) is 1.43. The highest BCUT2D eigenvalue weighted by Gasteiger charge is 2.24. The van der Waals surface area contributed by atoms with Gasteiger partial charge in [0.15, 0.2) is 0 Å². The number of aryl methyl sites for hydroxylation is 4. The van der Waals surface area contributed by atoms with Crippen molar-refractivity contribution in [3.63, 3.8) is 0 Å². The Bertz CT molecular complexity index is 6100. The molecule has 2 heterocycles. The summed E-state index contributed by atoms with van der Waals surface area (Å²) in [5.41, 5.74) is 23.8. The van der Waals surface area contributed by atoms with Gasteiger partial charge in [-0.15, -0.1) is 0 Å². The standard InChI is InChI=1S/C92H66N4O2/c1-59-18-16-27-73(52-59)95(83-29-15-14-20-61(83)3)77-41-45-81-67(57-77)35-50-87-91(81)92-82-46-42-78(58-68(82)36-51-88(92)98-87)96(74-28-17-19-60(2)53-74)84-47-32-64(54-62(84)4)63-30-37-72(38-31-63)94(71-25-12-7-13-26-71)76-40-44-80-66(56-76)34-49-86-90(80)89-79-43-39-75(55-65(79)33-48-85(89)97-86)93(69-21-8-5-9-22-69)70-23-10-6-11-24-70/h5-58H,1-4H3. The molecule has 466 valence electrons. The maximum Gasteiger partial charge on any atom is 0.136 e. The van der Waals surface area contributed by atoms with E-state index in [0.717, 1.165) is 172 Å². The second-order valence-corrected chi connectivity index (χ2v) is 25.9. The predicted molar refractivity (Wildman–Crippen MR) is 414 cm³/mol. The number of hydrogen-bond donors (Lipinski definition) is 0. The van der Waals surface area contributed by atoms with Crippen LogP contribution in [0.15, 0.2) is 336 Å². The molecule has 18 rings (SSSR count). The molecule has 0 bridgehead atoms. The first-order chi connectivity index (χ1) is 48.2. The van der Waals surface area contributed by atoms with Crippen molar-refractivity contribution in [2.24, 2.45) is 0 Å². The summed E-state index contributed by atoms with van der Waals surface area (Å²) < 4.78 is 13.4. The smallest absolute Gasteiger partial charge is 0.136 e. The zero-order chi connectivity index (χ0) is 65.5. The van der Waals surface area contributed by atoms with E-state index in [1.165, 1.54) is 16.7 Å². The van der Waals surface area contributed by atoms with Gasteiger partial charge >= 0.3 is 0 Å². The largest absolute Gasteiger partial charge is 0.456 e. The molecule has 0 aliphatic carbocycles. The first kappa shape index (κ1) is 58.0. The Hall–Kier alpha value is -12.6. The van der Waals surface area contributed by atoms with E-state index in [9.17, 15) is 0 Å². The number of benzene rings is 16. The number of furan rings is 2. The second-order valence-electron chi connectivity index (χ2n) is 25.9. The molecule has 0 unspecified atom stereocenters. The second kappa shape index (κ2) is 23.7. The summed E-state index contributed by atoms with van der Waals surface area (Å²) in [5.74, 6) is 0. The zero-order valence-corrected chi connectivity index (χ0v) is 54.8. The van der Waals surface area contributed by atoms with Crippen LogP contribution in [0, 0.1) is 27.7 Å². The number of nitrogens with zero attached hydrogens (tertiary/aromatic N) is 4. The fourth-order valence-electron chi connectivity index (χ4n) is 15.1. The van der Waals surface area contributed by atoms with Crippen LogP contribution in [0.25, 0.3) is 98.1 Å². The lowest BCUT2D eigenvalue weighted by molar-refractivity contribution is 0.669. The van der Waals surface area contributed by atoms with E-state index in [4.69, 9.17) is 8.83 Å². The lowest BCUT2D eigenvalue weighted by atomic mass is 9.98. The number of para-hydroxylation sites is 4. The van der Waals surface area contributed by atoms with Gasteiger partial charge in [0.1, 0.15) is 22.3 Å². The van der Waals surface area contributed by atoms with E-state index >= 15 is 0 Å². The summed E-state index contributed by atoms with van der Waals surface area (Å²) >= 11 is 0. The van der Waals surface area contributed by atoms with Gasteiger partial charge in [-0.3, -0.25) is 0 Å². The highest BCUT2D eigenvalue weighted by Crippen LogP contribution is 2.48. The topological polar surface area (TPSA) is 39.2 Å². The van der Waals surface area contributed by atoms with Crippen LogP contribution in [-0.2, 0) is 0 Å². The van der Waals surface area contributed by atoms with Gasteiger partial charge in [-0.05, 0) is 268 Å². The normalized spacial score (nSPS) is 11.7. The van der Waals surface area contributed by atoms with Crippen molar-refractivity contribution in [3.8, 4) is 11.1 Å². The summed E-state index contributed by atoms with van der Waals surface area (Å²) in [6.45, 7) is 8.74. The highest BCUT2D eigenvalue weighted by molar-refractivity contribution is 6.28. The summed E-state index contributed by atoms with van der Waals surface area (Å²) in [4.78, 5) is 9.45. The molecule has 16 aromatic carbocycles. The molecule has 98 heavy (non-hydrogen) atoms. The van der Waals surface area contributed by atoms with Gasteiger partial charge in [0.05, 0.1) is 0 Å². The molecule has 0 fully saturated rings. The Balaban J connectivity index is 0.673. The van der Waals surface area contributed by atoms with Crippen molar-refractivity contribution < 1.29 is 8.83 Å². The third-order valence-electron chi connectivity index (χ3n) is 19.6. The number of fused-ring (bicyclic) bond motifs is 14. The fourth-order valence-corrected chi connectivity index (χ4v) is 15.1. The van der Waals surface area contributed by atoms with Crippen LogP contribution in [0.1, 0.15) is 22.3 Å². The van der Waals surface area contributed by atoms with Crippen molar-refractivity contribution in [1.82, 2.24) is 0 Å². The Morgan fingerprint density at radius 2 is 0.520 bits per heavy atom. The monoisotopic (exact) mass is 1260 g/mol. The minimum absolute atomic E-state index is 0.873. The van der Waals surface area contributed by atoms with E-state index < -0.39 is 0 Å². The Morgan fingerprint density at radius 3 is 0.898 bits per heavy atom. The molecule has 6 heteroatoms. The van der Waals surface area contributed by atoms with Crippen LogP contribution in [-0.4, -0.2) is 0 Å². The summed E-state index contributed by atoms with van der Waals surface area (Å²) in [6.07, 6.45) is 0. The Kier molecular flexibility index (Phi) is 14.0. The van der Waals surface area contributed by atoms with Gasteiger partial charge in [0.25, 0.3) is 0 Å². The highest BCUT2D eigenvalue weighted by atomic mass is 16.3. The third kappa shape index (κ3) is 10.0. The molecule has 0 spiro atoms.